The van der Waals surface area contributed by atoms with Crippen molar-refractivity contribution in [2.75, 3.05) is 26.2 Å². The van der Waals surface area contributed by atoms with E-state index in [1.807, 2.05) is 6.92 Å². The van der Waals surface area contributed by atoms with E-state index in [4.69, 9.17) is 26.0 Å². The van der Waals surface area contributed by atoms with Gasteiger partial charge in [0.2, 0.25) is 0 Å². The molecule has 1 saturated carbocycles. The van der Waals surface area contributed by atoms with E-state index in [2.05, 4.69) is 48.5 Å². The summed E-state index contributed by atoms with van der Waals surface area (Å²) in [6.07, 6.45) is 18.0. The molecule has 9 nitrogen and oxygen atoms in total. The Morgan fingerprint density at radius 1 is 0.961 bits per heavy atom. The molecule has 1 heterocycles. The van der Waals surface area contributed by atoms with Gasteiger partial charge in [0.05, 0.1) is 5.97 Å². The van der Waals surface area contributed by atoms with Crippen LogP contribution in [-0.2, 0) is 37.1 Å². The van der Waals surface area contributed by atoms with Gasteiger partial charge in [0.25, 0.3) is 0 Å². The summed E-state index contributed by atoms with van der Waals surface area (Å²) in [6.45, 7) is 17.7. The van der Waals surface area contributed by atoms with Crippen molar-refractivity contribution in [1.29, 1.82) is 0 Å². The third-order valence-corrected chi connectivity index (χ3v) is 11.0. The number of nitrogens with zero attached hydrogens (tertiary/aromatic N) is 1. The molecule has 0 saturated heterocycles. The normalized spacial score (nSPS) is 21.1. The summed E-state index contributed by atoms with van der Waals surface area (Å²) < 4.78 is 12.9. The molecule has 5 atom stereocenters. The summed E-state index contributed by atoms with van der Waals surface area (Å²) >= 11 is 0. The van der Waals surface area contributed by atoms with Gasteiger partial charge in [0, 0.05) is 44.5 Å². The zero-order chi connectivity index (χ0) is 37.4. The van der Waals surface area contributed by atoms with Crippen molar-refractivity contribution in [2.24, 2.45) is 23.5 Å². The summed E-state index contributed by atoms with van der Waals surface area (Å²) in [5.41, 5.74) is 17.1. The number of aliphatic carboxylic acids is 1. The first kappa shape index (κ1) is 47.3. The maximum atomic E-state index is 11.2. The third kappa shape index (κ3) is 17.3. The molecule has 0 spiro atoms. The van der Waals surface area contributed by atoms with Gasteiger partial charge in [-0.2, -0.15) is 0 Å². The molecule has 0 unspecified atom stereocenters. The van der Waals surface area contributed by atoms with Crippen molar-refractivity contribution in [3.05, 3.63) is 28.0 Å². The minimum absolute atomic E-state index is 0. The number of rotatable bonds is 20. The summed E-state index contributed by atoms with van der Waals surface area (Å²) in [4.78, 5) is 23.6. The Labute approximate surface area is 324 Å². The summed E-state index contributed by atoms with van der Waals surface area (Å²) in [6, 6.07) is 0.201. The van der Waals surface area contributed by atoms with Crippen LogP contribution in [0.3, 0.4) is 0 Å². The minimum atomic E-state index is -1.28. The van der Waals surface area contributed by atoms with E-state index < -0.39 is 18.5 Å². The molecule has 1 aromatic rings. The average Bonchev–Trinajstić information content (AvgIpc) is 3.02. The summed E-state index contributed by atoms with van der Waals surface area (Å²) in [7, 11) is 0. The fourth-order valence-electron chi connectivity index (χ4n) is 7.51. The molecule has 0 aromatic heterocycles. The maximum absolute atomic E-state index is 11.2. The first-order valence-electron chi connectivity index (χ1n) is 19.6. The van der Waals surface area contributed by atoms with Gasteiger partial charge in [-0.3, -0.25) is 4.90 Å². The summed E-state index contributed by atoms with van der Waals surface area (Å²) in [5, 5.41) is 18.2. The van der Waals surface area contributed by atoms with E-state index in [0.29, 0.717) is 0 Å². The SMILES string of the molecule is Cc1c(C)c2c(c(C)c1OCCN(CC(=O)[O-])CC(=O)[OH2+])CC[C@@](C)(CCC[C@H](C)CCC[C@H](C)CCCC(C)C)O2.[NH-][C@@H]1CCCC[C@H]1N.[Pt]. The number of fused-ring (bicyclic) bond motifs is 1. The Morgan fingerprint density at radius 3 is 2.08 bits per heavy atom. The van der Waals surface area contributed by atoms with Crippen molar-refractivity contribution in [3.63, 3.8) is 0 Å². The Balaban J connectivity index is 0.00000127. The number of benzene rings is 1. The Kier molecular flexibility index (Phi) is 22.2. The van der Waals surface area contributed by atoms with Crippen LogP contribution in [0.5, 0.6) is 11.5 Å². The van der Waals surface area contributed by atoms with Gasteiger partial charge in [-0.15, -0.1) is 6.04 Å². The molecule has 5 N–H and O–H groups in total. The molecule has 0 radical (unpaired) electrons. The van der Waals surface area contributed by atoms with Gasteiger partial charge in [-0.05, 0) is 100 Å². The molecule has 0 amide bonds. The maximum Gasteiger partial charge on any atom is 0.530 e. The fraction of sp³-hybridized carbons (Fsp3) is 0.805. The molecule has 0 bridgehead atoms. The largest absolute Gasteiger partial charge is 0.673 e. The number of hydrogen-bond acceptors (Lipinski definition) is 7. The first-order valence-corrected chi connectivity index (χ1v) is 19.6. The number of nitrogens with two attached hydrogens (primary N) is 1. The van der Waals surface area contributed by atoms with Crippen molar-refractivity contribution in [2.45, 2.75) is 169 Å². The van der Waals surface area contributed by atoms with Gasteiger partial charge in [0.15, 0.2) is 6.54 Å². The topological polar surface area (TPSA) is 152 Å². The third-order valence-electron chi connectivity index (χ3n) is 11.0. The van der Waals surface area contributed by atoms with Gasteiger partial charge in [0.1, 0.15) is 23.7 Å². The van der Waals surface area contributed by atoms with E-state index in [0.717, 1.165) is 78.0 Å². The predicted molar refractivity (Wildman–Crippen MR) is 203 cm³/mol. The van der Waals surface area contributed by atoms with Crippen LogP contribution in [-0.4, -0.2) is 65.9 Å². The van der Waals surface area contributed by atoms with Gasteiger partial charge in [-0.1, -0.05) is 91.9 Å². The summed E-state index contributed by atoms with van der Waals surface area (Å²) in [5.74, 6) is 2.09. The molecular formula is C41H72N3O6Pt-. The van der Waals surface area contributed by atoms with E-state index in [-0.39, 0.29) is 58.4 Å². The number of carbonyl (C=O) groups is 2. The minimum Gasteiger partial charge on any atom is -0.673 e. The van der Waals surface area contributed by atoms with Crippen LogP contribution in [0.1, 0.15) is 147 Å². The molecule has 1 aromatic carbocycles. The van der Waals surface area contributed by atoms with Crippen LogP contribution >= 0.6 is 0 Å². The van der Waals surface area contributed by atoms with Crippen LogP contribution < -0.4 is 20.3 Å². The van der Waals surface area contributed by atoms with Crippen molar-refractivity contribution >= 4 is 11.9 Å². The van der Waals surface area contributed by atoms with Crippen LogP contribution in [0.4, 0.5) is 0 Å². The van der Waals surface area contributed by atoms with Crippen molar-refractivity contribution in [3.8, 4) is 11.5 Å². The van der Waals surface area contributed by atoms with Crippen LogP contribution in [0.15, 0.2) is 0 Å². The van der Waals surface area contributed by atoms with Gasteiger partial charge >= 0.3 is 5.97 Å². The zero-order valence-electron chi connectivity index (χ0n) is 33.2. The van der Waals surface area contributed by atoms with Crippen LogP contribution in [0.25, 0.3) is 5.73 Å². The monoisotopic (exact) mass is 898 g/mol. The van der Waals surface area contributed by atoms with E-state index in [1.54, 1.807) is 0 Å². The molecule has 1 aliphatic carbocycles. The average molecular weight is 898 g/mol. The predicted octanol–water partition coefficient (Wildman–Crippen LogP) is 7.12. The van der Waals surface area contributed by atoms with E-state index in [9.17, 15) is 14.7 Å². The molecule has 298 valence electrons. The second kappa shape index (κ2) is 23.9. The number of nitrogens with one attached hydrogen (secondary N) is 1. The Bertz CT molecular complexity index is 1170. The number of carbonyl (C=O) groups excluding carboxylic acids is 2. The smallest absolute Gasteiger partial charge is 0.530 e. The number of hydrogen-bond donors (Lipinski definition) is 1. The van der Waals surface area contributed by atoms with Crippen molar-refractivity contribution in [1.82, 2.24) is 4.90 Å². The molecule has 51 heavy (non-hydrogen) atoms. The first-order chi connectivity index (χ1) is 23.5. The number of ether oxygens (including phenoxy) is 2. The molecule has 10 heteroatoms. The van der Waals surface area contributed by atoms with Crippen LogP contribution in [0.2, 0.25) is 0 Å². The Hall–Kier alpha value is -1.67. The molecule has 3 rings (SSSR count). The Morgan fingerprint density at radius 2 is 1.55 bits per heavy atom. The van der Waals surface area contributed by atoms with Crippen LogP contribution in [0, 0.1) is 38.5 Å². The number of carboxylic acids is 1. The second-order valence-corrected chi connectivity index (χ2v) is 16.3. The van der Waals surface area contributed by atoms with Gasteiger partial charge < -0.3 is 35.9 Å². The quantitative estimate of drug-likeness (QED) is 0.137. The zero-order valence-corrected chi connectivity index (χ0v) is 35.5. The second-order valence-electron chi connectivity index (χ2n) is 16.3. The number of carboxylic acid groups (broad SMARTS) is 1. The van der Waals surface area contributed by atoms with Crippen molar-refractivity contribution < 1.29 is 50.3 Å². The fourth-order valence-corrected chi connectivity index (χ4v) is 7.51. The van der Waals surface area contributed by atoms with E-state index in [1.165, 1.54) is 74.7 Å². The van der Waals surface area contributed by atoms with E-state index >= 15 is 0 Å². The molecule has 1 aliphatic heterocycles. The molecule has 2 aliphatic rings. The standard InChI is InChI=1S/C35H59NO6.C6H13N2.Pt/c1-24(2)12-9-13-25(3)14-10-15-26(4)16-11-18-35(8)19-17-30-29(7)33(27(5)28(6)34(30)42-35)41-21-20-36(22-31(37)38)23-32(39)40;7-5-3-1-2-4-6(5)8;/h24-26H,9-23H2,1-8H3,(H,37,38)(H,39,40);5-7H,1-4,8H2;/q;-1;/t25-,26-,35-;5-,6-;/m11./s1. The molecule has 1 fully saturated rings. The molecular weight excluding hydrogens is 826 g/mol. The van der Waals surface area contributed by atoms with Gasteiger partial charge in [-0.25, -0.2) is 0 Å².